The minimum atomic E-state index is -4.22. The van der Waals surface area contributed by atoms with Crippen LogP contribution in [0.2, 0.25) is 5.02 Å². The van der Waals surface area contributed by atoms with Gasteiger partial charge in [0, 0.05) is 30.6 Å². The van der Waals surface area contributed by atoms with Gasteiger partial charge in [0.15, 0.2) is 0 Å². The second-order valence-corrected chi connectivity index (χ2v) is 13.8. The van der Waals surface area contributed by atoms with Gasteiger partial charge in [0.25, 0.3) is 10.0 Å². The highest BCUT2D eigenvalue weighted by Crippen LogP contribution is 2.28. The molecule has 0 bridgehead atoms. The van der Waals surface area contributed by atoms with Gasteiger partial charge in [0.2, 0.25) is 11.8 Å². The summed E-state index contributed by atoms with van der Waals surface area (Å²) in [5, 5.41) is 3.47. The van der Waals surface area contributed by atoms with E-state index in [1.54, 1.807) is 54.6 Å². The van der Waals surface area contributed by atoms with Crippen molar-refractivity contribution in [1.29, 1.82) is 0 Å². The molecule has 8 nitrogen and oxygen atoms in total. The summed E-state index contributed by atoms with van der Waals surface area (Å²) in [6.45, 7) is 5.73. The molecule has 0 heterocycles. The largest absolute Gasteiger partial charge is 0.497 e. The standard InChI is InChI=1S/C36H40ClN3O5S/c1-26(2)23-38-36(42)34(21-28-10-6-5-7-11-28)39(24-29-12-8-13-30(37)20-29)35(41)25-40(31-14-9-15-32(22-31)45-4)46(43,44)33-18-16-27(3)17-19-33/h5-20,22,26,34H,21,23-25H2,1-4H3,(H,38,42)/t34-/m0/s1. The molecule has 0 saturated heterocycles. The van der Waals surface area contributed by atoms with Gasteiger partial charge in [-0.2, -0.15) is 0 Å². The number of carbonyl (C=O) groups is 2. The lowest BCUT2D eigenvalue weighted by Crippen LogP contribution is -2.53. The first kappa shape index (κ1) is 34.5. The Hall–Kier alpha value is -4.34. The van der Waals surface area contributed by atoms with Crippen molar-refractivity contribution in [3.8, 4) is 5.75 Å². The highest BCUT2D eigenvalue weighted by atomic mass is 35.5. The van der Waals surface area contributed by atoms with Crippen LogP contribution in [0.3, 0.4) is 0 Å². The zero-order valence-corrected chi connectivity index (χ0v) is 28.1. The first-order valence-corrected chi connectivity index (χ1v) is 16.9. The zero-order valence-electron chi connectivity index (χ0n) is 26.5. The van der Waals surface area contributed by atoms with Crippen LogP contribution in [0.25, 0.3) is 0 Å². The monoisotopic (exact) mass is 661 g/mol. The van der Waals surface area contributed by atoms with Crippen molar-refractivity contribution in [2.45, 2.75) is 44.7 Å². The number of hydrogen-bond donors (Lipinski definition) is 1. The Morgan fingerprint density at radius 2 is 1.54 bits per heavy atom. The van der Waals surface area contributed by atoms with Gasteiger partial charge in [-0.1, -0.05) is 91.7 Å². The van der Waals surface area contributed by atoms with E-state index < -0.39 is 28.5 Å². The van der Waals surface area contributed by atoms with E-state index in [1.807, 2.05) is 57.2 Å². The number of carbonyl (C=O) groups excluding carboxylic acids is 2. The summed E-state index contributed by atoms with van der Waals surface area (Å²) in [7, 11) is -2.74. The maximum absolute atomic E-state index is 14.6. The van der Waals surface area contributed by atoms with Gasteiger partial charge in [-0.3, -0.25) is 13.9 Å². The van der Waals surface area contributed by atoms with E-state index in [-0.39, 0.29) is 35.4 Å². The molecule has 4 rings (SSSR count). The number of anilines is 1. The van der Waals surface area contributed by atoms with Gasteiger partial charge >= 0.3 is 0 Å². The summed E-state index contributed by atoms with van der Waals surface area (Å²) in [6.07, 6.45) is 0.223. The number of hydrogen-bond acceptors (Lipinski definition) is 5. The molecule has 242 valence electrons. The molecule has 0 fully saturated rings. The van der Waals surface area contributed by atoms with Crippen LogP contribution in [0.4, 0.5) is 5.69 Å². The van der Waals surface area contributed by atoms with Crippen LogP contribution in [-0.4, -0.2) is 51.4 Å². The first-order valence-electron chi connectivity index (χ1n) is 15.1. The molecule has 0 radical (unpaired) electrons. The average Bonchev–Trinajstić information content (AvgIpc) is 3.04. The third kappa shape index (κ3) is 9.11. The lowest BCUT2D eigenvalue weighted by molar-refractivity contribution is -0.140. The maximum Gasteiger partial charge on any atom is 0.264 e. The van der Waals surface area contributed by atoms with E-state index in [2.05, 4.69) is 5.32 Å². The van der Waals surface area contributed by atoms with Gasteiger partial charge in [0.05, 0.1) is 17.7 Å². The van der Waals surface area contributed by atoms with Gasteiger partial charge in [-0.05, 0) is 60.4 Å². The predicted octanol–water partition coefficient (Wildman–Crippen LogP) is 6.26. The lowest BCUT2D eigenvalue weighted by Gasteiger charge is -2.34. The molecule has 0 aliphatic carbocycles. The topological polar surface area (TPSA) is 96.0 Å². The number of nitrogens with one attached hydrogen (secondary N) is 1. The van der Waals surface area contributed by atoms with E-state index in [4.69, 9.17) is 16.3 Å². The number of amides is 2. The maximum atomic E-state index is 14.6. The average molecular weight is 662 g/mol. The smallest absolute Gasteiger partial charge is 0.264 e. The highest BCUT2D eigenvalue weighted by Gasteiger charge is 2.34. The Morgan fingerprint density at radius 1 is 0.870 bits per heavy atom. The van der Waals surface area contributed by atoms with E-state index in [1.165, 1.54) is 24.1 Å². The molecule has 0 unspecified atom stereocenters. The minimum Gasteiger partial charge on any atom is -0.497 e. The third-order valence-corrected chi connectivity index (χ3v) is 9.45. The normalized spacial score (nSPS) is 12.0. The molecule has 4 aromatic rings. The number of ether oxygens (including phenoxy) is 1. The van der Waals surface area contributed by atoms with Crippen LogP contribution in [0.1, 0.15) is 30.5 Å². The van der Waals surface area contributed by atoms with E-state index >= 15 is 0 Å². The van der Waals surface area contributed by atoms with Crippen molar-refractivity contribution in [2.24, 2.45) is 5.92 Å². The van der Waals surface area contributed by atoms with Gasteiger partial charge in [-0.25, -0.2) is 8.42 Å². The molecule has 0 aromatic heterocycles. The zero-order chi connectivity index (χ0) is 33.3. The second kappa shape index (κ2) is 15.8. The van der Waals surface area contributed by atoms with E-state index in [0.29, 0.717) is 22.9 Å². The summed E-state index contributed by atoms with van der Waals surface area (Å²) in [5.41, 5.74) is 2.70. The second-order valence-electron chi connectivity index (χ2n) is 11.5. The Balaban J connectivity index is 1.81. The molecule has 2 amide bonds. The van der Waals surface area contributed by atoms with Gasteiger partial charge in [0.1, 0.15) is 18.3 Å². The van der Waals surface area contributed by atoms with Crippen LogP contribution in [0, 0.1) is 12.8 Å². The Bertz CT molecular complexity index is 1730. The molecular formula is C36H40ClN3O5S. The first-order chi connectivity index (χ1) is 22.0. The molecular weight excluding hydrogens is 622 g/mol. The summed E-state index contributed by atoms with van der Waals surface area (Å²) in [6, 6.07) is 28.5. The highest BCUT2D eigenvalue weighted by molar-refractivity contribution is 7.92. The predicted molar refractivity (Wildman–Crippen MR) is 182 cm³/mol. The van der Waals surface area contributed by atoms with Crippen LogP contribution < -0.4 is 14.4 Å². The summed E-state index contributed by atoms with van der Waals surface area (Å²) < 4.78 is 34.8. The third-order valence-electron chi connectivity index (χ3n) is 7.43. The van der Waals surface area contributed by atoms with E-state index in [9.17, 15) is 18.0 Å². The summed E-state index contributed by atoms with van der Waals surface area (Å²) >= 11 is 6.31. The quantitative estimate of drug-likeness (QED) is 0.172. The van der Waals surface area contributed by atoms with E-state index in [0.717, 1.165) is 15.4 Å². The molecule has 1 atom stereocenters. The Kier molecular flexibility index (Phi) is 11.8. The SMILES string of the molecule is COc1cccc(N(CC(=O)N(Cc2cccc(Cl)c2)[C@@H](Cc2ccccc2)C(=O)NCC(C)C)S(=O)(=O)c2ccc(C)cc2)c1. The van der Waals surface area contributed by atoms with Crippen molar-refractivity contribution in [2.75, 3.05) is 24.5 Å². The molecule has 0 spiro atoms. The molecule has 0 aliphatic heterocycles. The van der Waals surface area contributed by atoms with Crippen molar-refractivity contribution in [3.05, 3.63) is 125 Å². The molecule has 0 aliphatic rings. The van der Waals surface area contributed by atoms with Crippen molar-refractivity contribution in [3.63, 3.8) is 0 Å². The minimum absolute atomic E-state index is 0.0303. The molecule has 4 aromatic carbocycles. The number of aryl methyl sites for hydroxylation is 1. The fourth-order valence-corrected chi connectivity index (χ4v) is 6.56. The van der Waals surface area contributed by atoms with Crippen LogP contribution in [0.5, 0.6) is 5.75 Å². The number of nitrogens with zero attached hydrogens (tertiary/aromatic N) is 2. The van der Waals surface area contributed by atoms with Crippen LogP contribution in [0.15, 0.2) is 108 Å². The Morgan fingerprint density at radius 3 is 2.20 bits per heavy atom. The fourth-order valence-electron chi connectivity index (χ4n) is 4.94. The number of rotatable bonds is 14. The Labute approximate surface area is 277 Å². The molecule has 0 saturated carbocycles. The number of sulfonamides is 1. The van der Waals surface area contributed by atoms with Crippen LogP contribution in [-0.2, 0) is 32.6 Å². The number of methoxy groups -OCH3 is 1. The van der Waals surface area contributed by atoms with Crippen molar-refractivity contribution in [1.82, 2.24) is 10.2 Å². The van der Waals surface area contributed by atoms with Crippen LogP contribution >= 0.6 is 11.6 Å². The van der Waals surface area contributed by atoms with Gasteiger partial charge in [-0.15, -0.1) is 0 Å². The lowest BCUT2D eigenvalue weighted by atomic mass is 10.0. The summed E-state index contributed by atoms with van der Waals surface area (Å²) in [5.74, 6) is -0.275. The van der Waals surface area contributed by atoms with Gasteiger partial charge < -0.3 is 15.0 Å². The number of benzene rings is 4. The number of halogens is 1. The van der Waals surface area contributed by atoms with Crippen molar-refractivity contribution < 1.29 is 22.7 Å². The molecule has 10 heteroatoms. The molecule has 46 heavy (non-hydrogen) atoms. The molecule has 1 N–H and O–H groups in total. The fraction of sp³-hybridized carbons (Fsp3) is 0.278. The van der Waals surface area contributed by atoms with Crippen molar-refractivity contribution >= 4 is 39.1 Å². The summed E-state index contributed by atoms with van der Waals surface area (Å²) in [4.78, 5) is 29.9.